The summed E-state index contributed by atoms with van der Waals surface area (Å²) in [5.74, 6) is 0.601. The smallest absolute Gasteiger partial charge is 0.314 e. The summed E-state index contributed by atoms with van der Waals surface area (Å²) in [6, 6.07) is 19.5. The Balaban J connectivity index is 1.37. The number of urea groups is 1. The molecule has 3 amide bonds. The predicted octanol–water partition coefficient (Wildman–Crippen LogP) is 3.30. The van der Waals surface area contributed by atoms with E-state index >= 15 is 0 Å². The molecule has 0 N–H and O–H groups in total. The van der Waals surface area contributed by atoms with Crippen LogP contribution in [0.2, 0.25) is 0 Å². The van der Waals surface area contributed by atoms with Crippen LogP contribution >= 0.6 is 0 Å². The Morgan fingerprint density at radius 2 is 1.33 bits per heavy atom. The van der Waals surface area contributed by atoms with Crippen LogP contribution in [-0.4, -0.2) is 69.8 Å². The van der Waals surface area contributed by atoms with E-state index in [0.717, 1.165) is 35.9 Å². The van der Waals surface area contributed by atoms with Crippen molar-refractivity contribution in [3.05, 3.63) is 83.2 Å². The minimum Gasteiger partial charge on any atom is -0.314 e. The van der Waals surface area contributed by atoms with Gasteiger partial charge in [-0.15, -0.1) is 0 Å². The molecule has 5 rings (SSSR count). The van der Waals surface area contributed by atoms with Crippen molar-refractivity contribution in [1.82, 2.24) is 19.6 Å². The summed E-state index contributed by atoms with van der Waals surface area (Å²) in [5.41, 5.74) is 4.49. The summed E-state index contributed by atoms with van der Waals surface area (Å²) in [7, 11) is 1.74. The zero-order chi connectivity index (χ0) is 23.1. The molecule has 3 heterocycles. The first-order valence-electron chi connectivity index (χ1n) is 11.5. The van der Waals surface area contributed by atoms with Gasteiger partial charge < -0.3 is 9.80 Å². The average Bonchev–Trinajstić information content (AvgIpc) is 3.33. The van der Waals surface area contributed by atoms with E-state index < -0.39 is 12.2 Å². The second-order valence-corrected chi connectivity index (χ2v) is 8.83. The highest BCUT2D eigenvalue weighted by Gasteiger charge is 2.55. The molecule has 0 saturated carbocycles. The van der Waals surface area contributed by atoms with Crippen molar-refractivity contribution in [1.29, 1.82) is 0 Å². The van der Waals surface area contributed by atoms with Gasteiger partial charge in [0.15, 0.2) is 12.2 Å². The molecule has 3 aliphatic heterocycles. The Bertz CT molecular complexity index is 1130. The number of likely N-dealkylation sites (N-methyl/N-ethyl adjacent to an activating group) is 1. The fraction of sp³-hybridized carbons (Fsp3) is 0.346. The maximum absolute atomic E-state index is 13.6. The maximum Gasteiger partial charge on any atom is 0.328 e. The molecule has 2 aromatic carbocycles. The second kappa shape index (κ2) is 8.39. The number of rotatable bonds is 6. The molecule has 0 bridgehead atoms. The summed E-state index contributed by atoms with van der Waals surface area (Å²) in [6.45, 7) is 5.24. The third kappa shape index (κ3) is 3.57. The molecular formula is C26H29N5O2. The minimum atomic E-state index is -0.518. The Morgan fingerprint density at radius 3 is 1.91 bits per heavy atom. The van der Waals surface area contributed by atoms with E-state index in [-0.39, 0.29) is 11.9 Å². The zero-order valence-electron chi connectivity index (χ0n) is 19.3. The quantitative estimate of drug-likeness (QED) is 0.688. The molecule has 33 heavy (non-hydrogen) atoms. The fourth-order valence-electron chi connectivity index (χ4n) is 4.93. The van der Waals surface area contributed by atoms with Gasteiger partial charge in [0.2, 0.25) is 5.96 Å². The van der Waals surface area contributed by atoms with Gasteiger partial charge >= 0.3 is 6.03 Å². The Morgan fingerprint density at radius 1 is 0.788 bits per heavy atom. The molecule has 0 aromatic heterocycles. The SMILES string of the molecule is CC1=C(C)N2C(=NC3C2C(=O)N(CCc2ccccc2)C(=O)N3C)N1CCc1ccccc1. The molecule has 3 aliphatic rings. The first-order valence-corrected chi connectivity index (χ1v) is 11.5. The number of hydrogen-bond acceptors (Lipinski definition) is 5. The molecule has 7 nitrogen and oxygen atoms in total. The van der Waals surface area contributed by atoms with Crippen LogP contribution in [0.5, 0.6) is 0 Å². The zero-order valence-corrected chi connectivity index (χ0v) is 19.3. The molecule has 2 aromatic rings. The van der Waals surface area contributed by atoms with Crippen molar-refractivity contribution >= 4 is 17.9 Å². The number of imide groups is 1. The number of carbonyl (C=O) groups is 2. The van der Waals surface area contributed by atoms with E-state index in [9.17, 15) is 9.59 Å². The second-order valence-electron chi connectivity index (χ2n) is 8.83. The van der Waals surface area contributed by atoms with Crippen molar-refractivity contribution < 1.29 is 9.59 Å². The number of allylic oxidation sites excluding steroid dienone is 2. The molecule has 0 radical (unpaired) electrons. The van der Waals surface area contributed by atoms with E-state index in [1.807, 2.05) is 60.4 Å². The van der Waals surface area contributed by atoms with Gasteiger partial charge in [-0.05, 0) is 37.8 Å². The lowest BCUT2D eigenvalue weighted by Crippen LogP contribution is -2.64. The molecule has 0 aliphatic carbocycles. The molecule has 7 heteroatoms. The van der Waals surface area contributed by atoms with E-state index in [1.165, 1.54) is 10.5 Å². The monoisotopic (exact) mass is 443 g/mol. The van der Waals surface area contributed by atoms with Gasteiger partial charge in [0.1, 0.15) is 0 Å². The number of benzene rings is 2. The number of carbonyl (C=O) groups excluding carboxylic acids is 2. The van der Waals surface area contributed by atoms with E-state index in [4.69, 9.17) is 4.99 Å². The van der Waals surface area contributed by atoms with Crippen LogP contribution < -0.4 is 0 Å². The molecule has 170 valence electrons. The van der Waals surface area contributed by atoms with Crippen molar-refractivity contribution in [3.63, 3.8) is 0 Å². The largest absolute Gasteiger partial charge is 0.328 e. The molecule has 2 atom stereocenters. The topological polar surface area (TPSA) is 59.5 Å². The van der Waals surface area contributed by atoms with E-state index in [1.54, 1.807) is 11.9 Å². The standard InChI is InChI=1S/C26H29N5O2/c1-18-19(2)31-22-23(27-25(31)29(18)16-14-20-10-6-4-7-11-20)28(3)26(33)30(24(22)32)17-15-21-12-8-5-9-13-21/h4-13,22-23H,14-17H2,1-3H3. The van der Waals surface area contributed by atoms with Crippen molar-refractivity contribution in [2.45, 2.75) is 38.9 Å². The first-order chi connectivity index (χ1) is 16.0. The van der Waals surface area contributed by atoms with Crippen LogP contribution in [0.3, 0.4) is 0 Å². The van der Waals surface area contributed by atoms with Gasteiger partial charge in [-0.3, -0.25) is 14.6 Å². The summed E-state index contributed by atoms with van der Waals surface area (Å²) < 4.78 is 0. The number of fused-ring (bicyclic) bond motifs is 3. The number of guanidine groups is 1. The van der Waals surface area contributed by atoms with Gasteiger partial charge in [0.05, 0.1) is 0 Å². The van der Waals surface area contributed by atoms with Crippen molar-refractivity contribution in [2.75, 3.05) is 20.1 Å². The summed E-state index contributed by atoms with van der Waals surface area (Å²) >= 11 is 0. The molecule has 1 saturated heterocycles. The highest BCUT2D eigenvalue weighted by atomic mass is 16.2. The third-order valence-electron chi connectivity index (χ3n) is 6.94. The highest BCUT2D eigenvalue weighted by Crippen LogP contribution is 2.37. The normalized spacial score (nSPS) is 22.2. The average molecular weight is 444 g/mol. The lowest BCUT2D eigenvalue weighted by Gasteiger charge is -2.40. The van der Waals surface area contributed by atoms with Crippen LogP contribution in [0.4, 0.5) is 4.79 Å². The van der Waals surface area contributed by atoms with Gasteiger partial charge in [-0.2, -0.15) is 0 Å². The summed E-state index contributed by atoms with van der Waals surface area (Å²) in [5, 5.41) is 0. The van der Waals surface area contributed by atoms with E-state index in [0.29, 0.717) is 13.0 Å². The van der Waals surface area contributed by atoms with Crippen LogP contribution in [-0.2, 0) is 17.6 Å². The maximum atomic E-state index is 13.6. The number of nitrogens with zero attached hydrogens (tertiary/aromatic N) is 5. The molecular weight excluding hydrogens is 414 g/mol. The first kappa shape index (κ1) is 21.2. The van der Waals surface area contributed by atoms with Crippen LogP contribution in [0.25, 0.3) is 0 Å². The predicted molar refractivity (Wildman–Crippen MR) is 127 cm³/mol. The van der Waals surface area contributed by atoms with Gasteiger partial charge in [-0.1, -0.05) is 60.7 Å². The van der Waals surface area contributed by atoms with Gasteiger partial charge in [-0.25, -0.2) is 9.79 Å². The molecule has 1 fully saturated rings. The lowest BCUT2D eigenvalue weighted by atomic mass is 10.1. The molecule has 0 spiro atoms. The number of hydrogen-bond donors (Lipinski definition) is 0. The Labute approximate surface area is 194 Å². The van der Waals surface area contributed by atoms with Crippen molar-refractivity contribution in [2.24, 2.45) is 4.99 Å². The Hall–Kier alpha value is -3.61. The molecule has 2 unspecified atom stereocenters. The minimum absolute atomic E-state index is 0.171. The Kier molecular flexibility index (Phi) is 5.40. The van der Waals surface area contributed by atoms with Crippen molar-refractivity contribution in [3.8, 4) is 0 Å². The van der Waals surface area contributed by atoms with Crippen LogP contribution in [0.1, 0.15) is 25.0 Å². The highest BCUT2D eigenvalue weighted by molar-refractivity contribution is 6.05. The number of aliphatic imine (C=N–C) groups is 1. The number of amides is 3. The lowest BCUT2D eigenvalue weighted by molar-refractivity contribution is -0.136. The fourth-order valence-corrected chi connectivity index (χ4v) is 4.93. The summed E-state index contributed by atoms with van der Waals surface area (Å²) in [6.07, 6.45) is 1.00. The van der Waals surface area contributed by atoms with Gasteiger partial charge in [0.25, 0.3) is 5.91 Å². The van der Waals surface area contributed by atoms with Crippen LogP contribution in [0.15, 0.2) is 77.1 Å². The van der Waals surface area contributed by atoms with Gasteiger partial charge in [0, 0.05) is 31.5 Å². The summed E-state index contributed by atoms with van der Waals surface area (Å²) in [4.78, 5) is 38.8. The van der Waals surface area contributed by atoms with Crippen LogP contribution in [0, 0.1) is 0 Å². The third-order valence-corrected chi connectivity index (χ3v) is 6.94. The van der Waals surface area contributed by atoms with E-state index in [2.05, 4.69) is 24.0 Å².